The van der Waals surface area contributed by atoms with Crippen LogP contribution in [0.2, 0.25) is 0 Å². The average molecular weight is 458 g/mol. The molecule has 0 unspecified atom stereocenters. The zero-order valence-corrected chi connectivity index (χ0v) is 18.8. The lowest BCUT2D eigenvalue weighted by molar-refractivity contribution is -0.149. The number of hydrogen-bond acceptors (Lipinski definition) is 6. The summed E-state index contributed by atoms with van der Waals surface area (Å²) in [6.45, 7) is 5.01. The van der Waals surface area contributed by atoms with Gasteiger partial charge in [0.2, 0.25) is 0 Å². The Balaban J connectivity index is 1.56. The molecule has 1 aliphatic heterocycles. The highest BCUT2D eigenvalue weighted by Gasteiger charge is 2.30. The van der Waals surface area contributed by atoms with E-state index in [9.17, 15) is 18.8 Å². The number of fused-ring (bicyclic) bond motifs is 1. The molecule has 0 radical (unpaired) electrons. The molecular formula is C23H24FN3O4S. The van der Waals surface area contributed by atoms with Crippen molar-refractivity contribution < 1.29 is 18.7 Å². The number of carbonyl (C=O) groups excluding carboxylic acids is 2. The Morgan fingerprint density at radius 1 is 1.28 bits per heavy atom. The minimum absolute atomic E-state index is 0.149. The number of aromatic nitrogens is 2. The highest BCUT2D eigenvalue weighted by molar-refractivity contribution is 7.20. The van der Waals surface area contributed by atoms with E-state index in [4.69, 9.17) is 4.74 Å². The number of esters is 1. The van der Waals surface area contributed by atoms with Gasteiger partial charge in [0.1, 0.15) is 10.6 Å². The number of rotatable bonds is 5. The van der Waals surface area contributed by atoms with Crippen LogP contribution in [-0.4, -0.2) is 46.0 Å². The molecule has 1 aliphatic rings. The molecule has 0 saturated carbocycles. The van der Waals surface area contributed by atoms with Crippen LogP contribution in [0, 0.1) is 18.7 Å². The Bertz CT molecular complexity index is 1230. The molecule has 1 fully saturated rings. The van der Waals surface area contributed by atoms with Crippen molar-refractivity contribution in [1.29, 1.82) is 0 Å². The number of benzene rings is 1. The van der Waals surface area contributed by atoms with Gasteiger partial charge in [-0.3, -0.25) is 19.0 Å². The van der Waals surface area contributed by atoms with Crippen LogP contribution in [0.3, 0.4) is 0 Å². The predicted octanol–water partition coefficient (Wildman–Crippen LogP) is 3.37. The van der Waals surface area contributed by atoms with Crippen molar-refractivity contribution >= 4 is 33.4 Å². The fraction of sp³-hybridized carbons (Fsp3) is 0.391. The van der Waals surface area contributed by atoms with E-state index < -0.39 is 0 Å². The summed E-state index contributed by atoms with van der Waals surface area (Å²) in [6, 6.07) is 6.07. The number of nitrogens with zero attached hydrogens (tertiary/aromatic N) is 3. The molecule has 0 aliphatic carbocycles. The number of carbonyl (C=O) groups is 2. The maximum Gasteiger partial charge on any atom is 0.309 e. The van der Waals surface area contributed by atoms with Crippen molar-refractivity contribution in [1.82, 2.24) is 14.5 Å². The Kier molecular flexibility index (Phi) is 6.36. The number of halogens is 1. The van der Waals surface area contributed by atoms with Crippen molar-refractivity contribution in [3.63, 3.8) is 0 Å². The van der Waals surface area contributed by atoms with E-state index in [0.717, 1.165) is 0 Å². The second-order valence-electron chi connectivity index (χ2n) is 7.86. The lowest BCUT2D eigenvalue weighted by atomic mass is 9.97. The first-order valence-electron chi connectivity index (χ1n) is 10.6. The summed E-state index contributed by atoms with van der Waals surface area (Å²) in [5.41, 5.74) is 1.00. The van der Waals surface area contributed by atoms with Gasteiger partial charge in [-0.1, -0.05) is 12.1 Å². The number of amides is 1. The van der Waals surface area contributed by atoms with Crippen LogP contribution in [0.1, 0.15) is 40.6 Å². The van der Waals surface area contributed by atoms with E-state index in [2.05, 4.69) is 4.98 Å². The van der Waals surface area contributed by atoms with Gasteiger partial charge in [0.25, 0.3) is 11.5 Å². The fourth-order valence-corrected chi connectivity index (χ4v) is 5.14. The van der Waals surface area contributed by atoms with E-state index in [1.807, 2.05) is 0 Å². The van der Waals surface area contributed by atoms with Gasteiger partial charge < -0.3 is 9.64 Å². The molecule has 0 bridgehead atoms. The fourth-order valence-electron chi connectivity index (χ4n) is 4.03. The highest BCUT2D eigenvalue weighted by atomic mass is 32.1. The first-order valence-corrected chi connectivity index (χ1v) is 11.4. The summed E-state index contributed by atoms with van der Waals surface area (Å²) in [4.78, 5) is 45.3. The first-order chi connectivity index (χ1) is 15.4. The van der Waals surface area contributed by atoms with Crippen molar-refractivity contribution in [2.45, 2.75) is 33.2 Å². The molecule has 0 N–H and O–H groups in total. The Morgan fingerprint density at radius 2 is 2.03 bits per heavy atom. The lowest BCUT2D eigenvalue weighted by Crippen LogP contribution is -2.40. The second kappa shape index (κ2) is 9.20. The SMILES string of the molecule is CCOC(=O)C1CCN(C(=O)c2sc3ncn(Cc4cccc(F)c4)c(=O)c3c2C)CC1. The number of likely N-dealkylation sites (tertiary alicyclic amines) is 1. The van der Waals surface area contributed by atoms with E-state index in [1.54, 1.807) is 30.9 Å². The molecular weight excluding hydrogens is 433 g/mol. The second-order valence-corrected chi connectivity index (χ2v) is 8.86. The molecule has 9 heteroatoms. The molecule has 2 aromatic heterocycles. The Hall–Kier alpha value is -3.07. The van der Waals surface area contributed by atoms with Crippen molar-refractivity contribution in [3.05, 3.63) is 62.8 Å². The minimum Gasteiger partial charge on any atom is -0.466 e. The normalized spacial score (nSPS) is 14.7. The number of hydrogen-bond donors (Lipinski definition) is 0. The van der Waals surface area contributed by atoms with E-state index in [1.165, 1.54) is 34.4 Å². The average Bonchev–Trinajstić information content (AvgIpc) is 3.12. The van der Waals surface area contributed by atoms with Crippen LogP contribution in [0.15, 0.2) is 35.4 Å². The minimum atomic E-state index is -0.365. The zero-order chi connectivity index (χ0) is 22.8. The van der Waals surface area contributed by atoms with Crippen LogP contribution in [0.4, 0.5) is 4.39 Å². The molecule has 0 spiro atoms. The van der Waals surface area contributed by atoms with E-state index >= 15 is 0 Å². The largest absolute Gasteiger partial charge is 0.466 e. The molecule has 1 amide bonds. The molecule has 7 nitrogen and oxygen atoms in total. The summed E-state index contributed by atoms with van der Waals surface area (Å²) in [7, 11) is 0. The van der Waals surface area contributed by atoms with Gasteiger partial charge in [-0.05, 0) is 49.9 Å². The molecule has 168 valence electrons. The van der Waals surface area contributed by atoms with Crippen molar-refractivity contribution in [2.75, 3.05) is 19.7 Å². The Labute approximate surface area is 188 Å². The molecule has 32 heavy (non-hydrogen) atoms. The van der Waals surface area contributed by atoms with Crippen LogP contribution < -0.4 is 5.56 Å². The number of aryl methyl sites for hydroxylation is 1. The molecule has 1 saturated heterocycles. The highest BCUT2D eigenvalue weighted by Crippen LogP contribution is 2.29. The third kappa shape index (κ3) is 4.29. The van der Waals surface area contributed by atoms with Crippen LogP contribution >= 0.6 is 11.3 Å². The third-order valence-corrected chi connectivity index (χ3v) is 6.94. The quantitative estimate of drug-likeness (QED) is 0.549. The van der Waals surface area contributed by atoms with Crippen molar-refractivity contribution in [3.8, 4) is 0 Å². The summed E-state index contributed by atoms with van der Waals surface area (Å²) >= 11 is 1.21. The molecule has 4 rings (SSSR count). The topological polar surface area (TPSA) is 81.5 Å². The smallest absolute Gasteiger partial charge is 0.309 e. The summed E-state index contributed by atoms with van der Waals surface area (Å²) in [6.07, 6.45) is 2.56. The van der Waals surface area contributed by atoms with Gasteiger partial charge in [0, 0.05) is 13.1 Å². The van der Waals surface area contributed by atoms with Gasteiger partial charge in [-0.25, -0.2) is 9.37 Å². The van der Waals surface area contributed by atoms with Crippen molar-refractivity contribution in [2.24, 2.45) is 5.92 Å². The Morgan fingerprint density at radius 3 is 2.72 bits per heavy atom. The number of piperidine rings is 1. The third-order valence-electron chi connectivity index (χ3n) is 5.76. The summed E-state index contributed by atoms with van der Waals surface area (Å²) in [5.74, 6) is -0.903. The van der Waals surface area contributed by atoms with Gasteiger partial charge in [0.15, 0.2) is 0 Å². The van der Waals surface area contributed by atoms with Crippen LogP contribution in [0.5, 0.6) is 0 Å². The first kappa shape index (κ1) is 22.1. The molecule has 1 aromatic carbocycles. The predicted molar refractivity (Wildman–Crippen MR) is 119 cm³/mol. The van der Waals surface area contributed by atoms with Crippen LogP contribution in [-0.2, 0) is 16.1 Å². The van der Waals surface area contributed by atoms with E-state index in [0.29, 0.717) is 58.8 Å². The number of ether oxygens (including phenoxy) is 1. The number of thiophene rings is 1. The van der Waals surface area contributed by atoms with Gasteiger partial charge in [0.05, 0.1) is 35.7 Å². The monoisotopic (exact) mass is 457 g/mol. The lowest BCUT2D eigenvalue weighted by Gasteiger charge is -2.30. The van der Waals surface area contributed by atoms with Gasteiger partial charge >= 0.3 is 5.97 Å². The van der Waals surface area contributed by atoms with E-state index in [-0.39, 0.29) is 35.7 Å². The summed E-state index contributed by atoms with van der Waals surface area (Å²) < 4.78 is 20.0. The maximum atomic E-state index is 13.5. The van der Waals surface area contributed by atoms with Gasteiger partial charge in [-0.2, -0.15) is 0 Å². The maximum absolute atomic E-state index is 13.5. The zero-order valence-electron chi connectivity index (χ0n) is 18.0. The molecule has 3 heterocycles. The van der Waals surface area contributed by atoms with Gasteiger partial charge in [-0.15, -0.1) is 11.3 Å². The molecule has 3 aromatic rings. The standard InChI is InChI=1S/C23H24FN3O4S/c1-3-31-23(30)16-7-9-26(10-8-16)22(29)19-14(2)18-20(32-19)25-13-27(21(18)28)12-15-5-4-6-17(24)11-15/h4-6,11,13,16H,3,7-10,12H2,1-2H3. The summed E-state index contributed by atoms with van der Waals surface area (Å²) in [5, 5.41) is 0.415. The van der Waals surface area contributed by atoms with Crippen LogP contribution in [0.25, 0.3) is 10.2 Å². The molecule has 0 atom stereocenters.